The molecule has 106 valence electrons. The minimum absolute atomic E-state index is 0. The van der Waals surface area contributed by atoms with Crippen molar-refractivity contribution in [3.8, 4) is 5.75 Å². The number of hydrogen-bond donors (Lipinski definition) is 2. The predicted octanol–water partition coefficient (Wildman–Crippen LogP) is 2.10. The summed E-state index contributed by atoms with van der Waals surface area (Å²) in [7, 11) is 0. The van der Waals surface area contributed by atoms with E-state index in [1.165, 1.54) is 0 Å². The second kappa shape index (κ2) is 7.72. The SMILES string of the molecule is Cl.NCC(NC(=O)COc1ccc(Br)cc1)C1CC1. The van der Waals surface area contributed by atoms with E-state index in [0.717, 1.165) is 17.3 Å². The summed E-state index contributed by atoms with van der Waals surface area (Å²) in [6.07, 6.45) is 2.32. The number of halogens is 2. The number of benzene rings is 1. The predicted molar refractivity (Wildman–Crippen MR) is 80.6 cm³/mol. The Hall–Kier alpha value is -0.780. The van der Waals surface area contributed by atoms with Gasteiger partial charge in [-0.3, -0.25) is 4.79 Å². The molecule has 1 unspecified atom stereocenters. The van der Waals surface area contributed by atoms with Gasteiger partial charge in [-0.1, -0.05) is 15.9 Å². The molecule has 1 fully saturated rings. The largest absolute Gasteiger partial charge is 0.484 e. The van der Waals surface area contributed by atoms with Gasteiger partial charge >= 0.3 is 0 Å². The molecule has 0 bridgehead atoms. The van der Waals surface area contributed by atoms with E-state index in [4.69, 9.17) is 10.5 Å². The van der Waals surface area contributed by atoms with Crippen molar-refractivity contribution in [2.24, 2.45) is 11.7 Å². The first kappa shape index (κ1) is 16.3. The Morgan fingerprint density at radius 3 is 2.58 bits per heavy atom. The molecule has 1 aromatic rings. The van der Waals surface area contributed by atoms with Crippen LogP contribution in [0.2, 0.25) is 0 Å². The van der Waals surface area contributed by atoms with Crippen LogP contribution in [0.15, 0.2) is 28.7 Å². The highest BCUT2D eigenvalue weighted by atomic mass is 79.9. The highest BCUT2D eigenvalue weighted by molar-refractivity contribution is 9.10. The van der Waals surface area contributed by atoms with Gasteiger partial charge < -0.3 is 15.8 Å². The molecule has 1 aromatic carbocycles. The number of amides is 1. The smallest absolute Gasteiger partial charge is 0.258 e. The van der Waals surface area contributed by atoms with Crippen molar-refractivity contribution in [3.05, 3.63) is 28.7 Å². The average Bonchev–Trinajstić information content (AvgIpc) is 3.19. The maximum atomic E-state index is 11.7. The van der Waals surface area contributed by atoms with Crippen molar-refractivity contribution in [1.82, 2.24) is 5.32 Å². The third kappa shape index (κ3) is 5.38. The molecule has 1 aliphatic rings. The standard InChI is InChI=1S/C13H17BrN2O2.ClH/c14-10-3-5-11(6-4-10)18-8-13(17)16-12(7-15)9-1-2-9;/h3-6,9,12H,1-2,7-8,15H2,(H,16,17);1H. The van der Waals surface area contributed by atoms with Crippen molar-refractivity contribution >= 4 is 34.2 Å². The Balaban J connectivity index is 0.00000180. The second-order valence-electron chi connectivity index (χ2n) is 4.49. The third-order valence-corrected chi connectivity index (χ3v) is 3.50. The summed E-state index contributed by atoms with van der Waals surface area (Å²) in [5.41, 5.74) is 5.63. The van der Waals surface area contributed by atoms with E-state index in [0.29, 0.717) is 18.2 Å². The van der Waals surface area contributed by atoms with Crippen molar-refractivity contribution in [2.45, 2.75) is 18.9 Å². The lowest BCUT2D eigenvalue weighted by Gasteiger charge is -2.16. The summed E-state index contributed by atoms with van der Waals surface area (Å²) in [5.74, 6) is 1.14. The Labute approximate surface area is 127 Å². The average molecular weight is 350 g/mol. The summed E-state index contributed by atoms with van der Waals surface area (Å²) in [5, 5.41) is 2.91. The van der Waals surface area contributed by atoms with Crippen LogP contribution in [0.3, 0.4) is 0 Å². The van der Waals surface area contributed by atoms with Crippen LogP contribution in [0.5, 0.6) is 5.75 Å². The van der Waals surface area contributed by atoms with Crippen LogP contribution in [0.4, 0.5) is 0 Å². The second-order valence-corrected chi connectivity index (χ2v) is 5.41. The van der Waals surface area contributed by atoms with Crippen molar-refractivity contribution in [2.75, 3.05) is 13.2 Å². The molecule has 0 aromatic heterocycles. The fraction of sp³-hybridized carbons (Fsp3) is 0.462. The van der Waals surface area contributed by atoms with Gasteiger partial charge in [-0.05, 0) is 43.0 Å². The highest BCUT2D eigenvalue weighted by Gasteiger charge is 2.31. The molecule has 4 nitrogen and oxygen atoms in total. The lowest BCUT2D eigenvalue weighted by atomic mass is 10.2. The summed E-state index contributed by atoms with van der Waals surface area (Å²) < 4.78 is 6.38. The molecular formula is C13H18BrClN2O2. The molecular weight excluding hydrogens is 332 g/mol. The van der Waals surface area contributed by atoms with Crippen molar-refractivity contribution < 1.29 is 9.53 Å². The van der Waals surface area contributed by atoms with E-state index in [1.807, 2.05) is 24.3 Å². The molecule has 0 heterocycles. The van der Waals surface area contributed by atoms with E-state index in [1.54, 1.807) is 0 Å². The fourth-order valence-electron chi connectivity index (χ4n) is 1.80. The quantitative estimate of drug-likeness (QED) is 0.826. The molecule has 6 heteroatoms. The number of nitrogens with one attached hydrogen (secondary N) is 1. The lowest BCUT2D eigenvalue weighted by Crippen LogP contribution is -2.43. The van der Waals surface area contributed by atoms with Crippen LogP contribution in [-0.4, -0.2) is 25.1 Å². The normalized spacial score (nSPS) is 15.3. The summed E-state index contributed by atoms with van der Waals surface area (Å²) in [6, 6.07) is 7.49. The van der Waals surface area contributed by atoms with E-state index < -0.39 is 0 Å². The van der Waals surface area contributed by atoms with Crippen molar-refractivity contribution in [3.63, 3.8) is 0 Å². The van der Waals surface area contributed by atoms with E-state index in [2.05, 4.69) is 21.2 Å². The summed E-state index contributed by atoms with van der Waals surface area (Å²) in [4.78, 5) is 11.7. The summed E-state index contributed by atoms with van der Waals surface area (Å²) in [6.45, 7) is 0.527. The van der Waals surface area contributed by atoms with Crippen LogP contribution >= 0.6 is 28.3 Å². The molecule has 19 heavy (non-hydrogen) atoms. The zero-order chi connectivity index (χ0) is 13.0. The van der Waals surface area contributed by atoms with Crippen LogP contribution in [0.25, 0.3) is 0 Å². The first-order valence-corrected chi connectivity index (χ1v) is 6.86. The molecule has 0 saturated heterocycles. The minimum Gasteiger partial charge on any atom is -0.484 e. The molecule has 2 rings (SSSR count). The molecule has 0 radical (unpaired) electrons. The zero-order valence-electron chi connectivity index (χ0n) is 10.5. The van der Waals surface area contributed by atoms with E-state index in [9.17, 15) is 4.79 Å². The molecule has 3 N–H and O–H groups in total. The van der Waals surface area contributed by atoms with Gasteiger partial charge in [-0.15, -0.1) is 12.4 Å². The van der Waals surface area contributed by atoms with Crippen molar-refractivity contribution in [1.29, 1.82) is 0 Å². The molecule has 1 saturated carbocycles. The maximum absolute atomic E-state index is 11.7. The minimum atomic E-state index is -0.111. The number of carbonyl (C=O) groups excluding carboxylic acids is 1. The molecule has 0 aliphatic heterocycles. The topological polar surface area (TPSA) is 64.3 Å². The number of rotatable bonds is 6. The van der Waals surface area contributed by atoms with Crippen LogP contribution in [0, 0.1) is 5.92 Å². The van der Waals surface area contributed by atoms with Gasteiger partial charge in [0, 0.05) is 17.1 Å². The van der Waals surface area contributed by atoms with Gasteiger partial charge in [0.05, 0.1) is 0 Å². The number of ether oxygens (including phenoxy) is 1. The molecule has 1 amide bonds. The molecule has 1 atom stereocenters. The van der Waals surface area contributed by atoms with Crippen LogP contribution in [0.1, 0.15) is 12.8 Å². The van der Waals surface area contributed by atoms with Gasteiger partial charge in [-0.25, -0.2) is 0 Å². The van der Waals surface area contributed by atoms with Crippen LogP contribution < -0.4 is 15.8 Å². The van der Waals surface area contributed by atoms with E-state index >= 15 is 0 Å². The van der Waals surface area contributed by atoms with Gasteiger partial charge in [0.15, 0.2) is 6.61 Å². The van der Waals surface area contributed by atoms with Gasteiger partial charge in [0.2, 0.25) is 0 Å². The van der Waals surface area contributed by atoms with Gasteiger partial charge in [0.25, 0.3) is 5.91 Å². The Bertz CT molecular complexity index is 410. The number of hydrogen-bond acceptors (Lipinski definition) is 3. The van der Waals surface area contributed by atoms with Crippen LogP contribution in [-0.2, 0) is 4.79 Å². The molecule has 0 spiro atoms. The third-order valence-electron chi connectivity index (χ3n) is 2.97. The van der Waals surface area contributed by atoms with Gasteiger partial charge in [0.1, 0.15) is 5.75 Å². The summed E-state index contributed by atoms with van der Waals surface area (Å²) >= 11 is 3.34. The highest BCUT2D eigenvalue weighted by Crippen LogP contribution is 2.32. The lowest BCUT2D eigenvalue weighted by molar-refractivity contribution is -0.123. The Kier molecular flexibility index (Phi) is 6.62. The number of carbonyl (C=O) groups is 1. The first-order valence-electron chi connectivity index (χ1n) is 6.07. The Morgan fingerprint density at radius 2 is 2.05 bits per heavy atom. The van der Waals surface area contributed by atoms with E-state index in [-0.39, 0.29) is 31.0 Å². The maximum Gasteiger partial charge on any atom is 0.258 e. The molecule has 1 aliphatic carbocycles. The number of nitrogens with two attached hydrogens (primary N) is 1. The van der Waals surface area contributed by atoms with Gasteiger partial charge in [-0.2, -0.15) is 0 Å². The fourth-order valence-corrected chi connectivity index (χ4v) is 2.06. The zero-order valence-corrected chi connectivity index (χ0v) is 12.9. The Morgan fingerprint density at radius 1 is 1.42 bits per heavy atom. The monoisotopic (exact) mass is 348 g/mol. The first-order chi connectivity index (χ1) is 8.69.